The van der Waals surface area contributed by atoms with Crippen molar-refractivity contribution < 1.29 is 4.79 Å². The van der Waals surface area contributed by atoms with E-state index < -0.39 is 0 Å². The zero-order valence-corrected chi connectivity index (χ0v) is 12.7. The lowest BCUT2D eigenvalue weighted by Gasteiger charge is -2.05. The van der Waals surface area contributed by atoms with Gasteiger partial charge in [-0.1, -0.05) is 17.7 Å². The van der Waals surface area contributed by atoms with Gasteiger partial charge in [-0.25, -0.2) is 0 Å². The number of hydrogen-bond donors (Lipinski definition) is 1. The maximum Gasteiger partial charge on any atom is 0.230 e. The summed E-state index contributed by atoms with van der Waals surface area (Å²) in [4.78, 5) is 17.1. The van der Waals surface area contributed by atoms with Gasteiger partial charge in [0.05, 0.1) is 18.0 Å². The normalized spacial score (nSPS) is 10.3. The maximum atomic E-state index is 11.8. The minimum atomic E-state index is -0.00624. The first-order chi connectivity index (χ1) is 9.63. The first-order valence-corrected chi connectivity index (χ1v) is 7.57. The number of aromatic nitrogens is 1. The predicted molar refractivity (Wildman–Crippen MR) is 83.0 cm³/mol. The fourth-order valence-electron chi connectivity index (χ4n) is 1.62. The summed E-state index contributed by atoms with van der Waals surface area (Å²) in [6.07, 6.45) is 0. The zero-order valence-electron chi connectivity index (χ0n) is 11.1. The minimum absolute atomic E-state index is 0.00624. The topological polar surface area (TPSA) is 42.0 Å². The molecule has 0 saturated heterocycles. The summed E-state index contributed by atoms with van der Waals surface area (Å²) in [5, 5.41) is 3.56. The number of carbonyl (C=O) groups is 1. The first-order valence-electron chi connectivity index (χ1n) is 6.21. The van der Waals surface area contributed by atoms with Crippen LogP contribution in [0.2, 0.25) is 5.02 Å². The molecule has 0 aliphatic heterocycles. The number of hydrogen-bond acceptors (Lipinski definition) is 3. The van der Waals surface area contributed by atoms with Crippen LogP contribution in [0.1, 0.15) is 11.4 Å². The molecule has 1 heterocycles. The Balaban J connectivity index is 1.77. The molecular weight excluding hydrogens is 292 g/mol. The Morgan fingerprint density at radius 3 is 2.70 bits per heavy atom. The number of carbonyl (C=O) groups excluding carboxylic acids is 1. The van der Waals surface area contributed by atoms with Crippen molar-refractivity contribution in [3.63, 3.8) is 0 Å². The molecule has 5 heteroatoms. The average molecular weight is 307 g/mol. The fraction of sp³-hybridized carbons (Fsp3) is 0.200. The van der Waals surface area contributed by atoms with E-state index in [1.165, 1.54) is 11.8 Å². The van der Waals surface area contributed by atoms with Crippen molar-refractivity contribution in [2.75, 3.05) is 5.75 Å². The summed E-state index contributed by atoms with van der Waals surface area (Å²) >= 11 is 7.29. The summed E-state index contributed by atoms with van der Waals surface area (Å²) < 4.78 is 0. The number of amides is 1. The van der Waals surface area contributed by atoms with Crippen LogP contribution in [-0.2, 0) is 11.3 Å². The molecule has 1 N–H and O–H groups in total. The van der Waals surface area contributed by atoms with Crippen molar-refractivity contribution in [2.24, 2.45) is 0 Å². The van der Waals surface area contributed by atoms with Gasteiger partial charge in [-0.05, 0) is 43.3 Å². The molecule has 0 atom stereocenters. The smallest absolute Gasteiger partial charge is 0.230 e. The highest BCUT2D eigenvalue weighted by Gasteiger charge is 2.03. The van der Waals surface area contributed by atoms with Crippen LogP contribution in [0.15, 0.2) is 47.4 Å². The monoisotopic (exact) mass is 306 g/mol. The SMILES string of the molecule is Cc1cccc(CNC(=O)CSc2ccc(Cl)cc2)n1. The third kappa shape index (κ3) is 4.87. The van der Waals surface area contributed by atoms with E-state index in [9.17, 15) is 4.79 Å². The second-order valence-electron chi connectivity index (χ2n) is 4.29. The Morgan fingerprint density at radius 2 is 2.00 bits per heavy atom. The first kappa shape index (κ1) is 14.9. The van der Waals surface area contributed by atoms with E-state index in [0.29, 0.717) is 17.3 Å². The predicted octanol–water partition coefficient (Wildman–Crippen LogP) is 3.45. The van der Waals surface area contributed by atoms with E-state index in [0.717, 1.165) is 16.3 Å². The molecule has 0 fully saturated rings. The molecule has 0 aliphatic rings. The van der Waals surface area contributed by atoms with Gasteiger partial charge >= 0.3 is 0 Å². The van der Waals surface area contributed by atoms with Gasteiger partial charge in [0.25, 0.3) is 0 Å². The lowest BCUT2D eigenvalue weighted by Crippen LogP contribution is -2.25. The largest absolute Gasteiger partial charge is 0.350 e. The number of nitrogens with zero attached hydrogens (tertiary/aromatic N) is 1. The molecule has 20 heavy (non-hydrogen) atoms. The van der Waals surface area contributed by atoms with Gasteiger partial charge in [0, 0.05) is 15.6 Å². The van der Waals surface area contributed by atoms with Gasteiger partial charge in [0.2, 0.25) is 5.91 Å². The Labute approximate surface area is 127 Å². The van der Waals surface area contributed by atoms with E-state index in [4.69, 9.17) is 11.6 Å². The molecule has 3 nitrogen and oxygen atoms in total. The molecule has 0 bridgehead atoms. The molecule has 1 aromatic heterocycles. The quantitative estimate of drug-likeness (QED) is 0.860. The Bertz CT molecular complexity index is 587. The average Bonchev–Trinajstić information content (AvgIpc) is 2.45. The Hall–Kier alpha value is -1.52. The van der Waals surface area contributed by atoms with E-state index in [2.05, 4.69) is 10.3 Å². The fourth-order valence-corrected chi connectivity index (χ4v) is 2.47. The van der Waals surface area contributed by atoms with Gasteiger partial charge in [-0.3, -0.25) is 9.78 Å². The highest BCUT2D eigenvalue weighted by molar-refractivity contribution is 8.00. The number of rotatable bonds is 5. The van der Waals surface area contributed by atoms with Crippen LogP contribution in [-0.4, -0.2) is 16.6 Å². The molecule has 104 valence electrons. The van der Waals surface area contributed by atoms with Crippen LogP contribution in [0.5, 0.6) is 0 Å². The Kier molecular flexibility index (Phi) is 5.44. The van der Waals surface area contributed by atoms with Gasteiger partial charge < -0.3 is 5.32 Å². The summed E-state index contributed by atoms with van der Waals surface area (Å²) in [6, 6.07) is 13.2. The maximum absolute atomic E-state index is 11.8. The van der Waals surface area contributed by atoms with Crippen LogP contribution >= 0.6 is 23.4 Å². The van der Waals surface area contributed by atoms with Crippen LogP contribution in [0.4, 0.5) is 0 Å². The number of nitrogens with one attached hydrogen (secondary N) is 1. The van der Waals surface area contributed by atoms with Crippen molar-refractivity contribution >= 4 is 29.3 Å². The van der Waals surface area contributed by atoms with Crippen molar-refractivity contribution in [3.05, 3.63) is 58.9 Å². The highest BCUT2D eigenvalue weighted by atomic mass is 35.5. The Morgan fingerprint density at radius 1 is 1.25 bits per heavy atom. The van der Waals surface area contributed by atoms with Crippen molar-refractivity contribution in [2.45, 2.75) is 18.4 Å². The third-order valence-corrected chi connectivity index (χ3v) is 3.86. The number of halogens is 1. The van der Waals surface area contributed by atoms with Crippen LogP contribution in [0, 0.1) is 6.92 Å². The molecule has 0 saturated carbocycles. The lowest BCUT2D eigenvalue weighted by molar-refractivity contribution is -0.118. The third-order valence-electron chi connectivity index (χ3n) is 2.60. The molecule has 2 rings (SSSR count). The molecule has 0 radical (unpaired) electrons. The molecule has 0 unspecified atom stereocenters. The summed E-state index contributed by atoms with van der Waals surface area (Å²) in [5.74, 6) is 0.376. The standard InChI is InChI=1S/C15H15ClN2OS/c1-11-3-2-4-13(18-11)9-17-15(19)10-20-14-7-5-12(16)6-8-14/h2-8H,9-10H2,1H3,(H,17,19). The molecule has 1 amide bonds. The zero-order chi connectivity index (χ0) is 14.4. The minimum Gasteiger partial charge on any atom is -0.350 e. The van der Waals surface area contributed by atoms with Crippen LogP contribution in [0.3, 0.4) is 0 Å². The second kappa shape index (κ2) is 7.31. The van der Waals surface area contributed by atoms with Gasteiger partial charge in [0.1, 0.15) is 0 Å². The molecule has 0 aliphatic carbocycles. The van der Waals surface area contributed by atoms with Crippen molar-refractivity contribution in [1.82, 2.24) is 10.3 Å². The second-order valence-corrected chi connectivity index (χ2v) is 5.77. The van der Waals surface area contributed by atoms with E-state index >= 15 is 0 Å². The van der Waals surface area contributed by atoms with E-state index in [1.807, 2.05) is 49.4 Å². The number of benzene rings is 1. The van der Waals surface area contributed by atoms with E-state index in [-0.39, 0.29) is 5.91 Å². The highest BCUT2D eigenvalue weighted by Crippen LogP contribution is 2.19. The molecule has 1 aromatic carbocycles. The van der Waals surface area contributed by atoms with Crippen molar-refractivity contribution in [1.29, 1.82) is 0 Å². The van der Waals surface area contributed by atoms with E-state index in [1.54, 1.807) is 0 Å². The summed E-state index contributed by atoms with van der Waals surface area (Å²) in [5.41, 5.74) is 1.82. The van der Waals surface area contributed by atoms with Gasteiger partial charge in [-0.2, -0.15) is 0 Å². The number of aryl methyl sites for hydroxylation is 1. The molecule has 2 aromatic rings. The van der Waals surface area contributed by atoms with Gasteiger partial charge in [0.15, 0.2) is 0 Å². The molecular formula is C15H15ClN2OS. The summed E-state index contributed by atoms with van der Waals surface area (Å²) in [7, 11) is 0. The van der Waals surface area contributed by atoms with Gasteiger partial charge in [-0.15, -0.1) is 11.8 Å². The van der Waals surface area contributed by atoms with Crippen molar-refractivity contribution in [3.8, 4) is 0 Å². The lowest BCUT2D eigenvalue weighted by atomic mass is 10.3. The summed E-state index contributed by atoms with van der Waals surface area (Å²) in [6.45, 7) is 2.39. The molecule has 0 spiro atoms. The van der Waals surface area contributed by atoms with Crippen LogP contribution in [0.25, 0.3) is 0 Å². The van der Waals surface area contributed by atoms with Crippen LogP contribution < -0.4 is 5.32 Å². The number of pyridine rings is 1. The number of thioether (sulfide) groups is 1.